The molecule has 2 aliphatic heterocycles. The topological polar surface area (TPSA) is 62.0 Å². The van der Waals surface area contributed by atoms with E-state index in [2.05, 4.69) is 22.3 Å². The maximum absolute atomic E-state index is 10.6. The average Bonchev–Trinajstić information content (AvgIpc) is 3.12. The quantitative estimate of drug-likeness (QED) is 0.704. The number of aliphatic hydroxyl groups excluding tert-OH is 1. The third-order valence-corrected chi connectivity index (χ3v) is 5.54. The molecule has 0 amide bonds. The van der Waals surface area contributed by atoms with Crippen LogP contribution in [0.15, 0.2) is 65.8 Å². The third kappa shape index (κ3) is 3.41. The van der Waals surface area contributed by atoms with Crippen LogP contribution in [0, 0.1) is 5.92 Å². The van der Waals surface area contributed by atoms with Gasteiger partial charge >= 0.3 is 0 Å². The minimum absolute atomic E-state index is 0.616. The van der Waals surface area contributed by atoms with E-state index in [1.54, 1.807) is 6.34 Å². The number of nitrogens with one attached hydrogen (secondary N) is 1. The van der Waals surface area contributed by atoms with Crippen molar-refractivity contribution < 1.29 is 9.84 Å². The fourth-order valence-electron chi connectivity index (χ4n) is 4.06. The number of aromatic nitrogens is 1. The van der Waals surface area contributed by atoms with Crippen LogP contribution in [-0.4, -0.2) is 47.7 Å². The number of nitrogens with zero attached hydrogens (tertiary/aromatic N) is 3. The van der Waals surface area contributed by atoms with E-state index < -0.39 is 6.23 Å². The number of likely N-dealkylation sites (tertiary alicyclic amines) is 1. The van der Waals surface area contributed by atoms with Crippen molar-refractivity contribution in [2.45, 2.75) is 6.23 Å². The van der Waals surface area contributed by atoms with Gasteiger partial charge in [-0.25, -0.2) is 4.99 Å². The van der Waals surface area contributed by atoms with E-state index in [1.165, 1.54) is 0 Å². The van der Waals surface area contributed by atoms with Gasteiger partial charge in [0.05, 0.1) is 18.5 Å². The summed E-state index contributed by atoms with van der Waals surface area (Å²) in [4.78, 5) is 6.78. The minimum Gasteiger partial charge on any atom is -0.493 e. The van der Waals surface area contributed by atoms with Gasteiger partial charge in [0, 0.05) is 36.5 Å². The van der Waals surface area contributed by atoms with E-state index >= 15 is 0 Å². The fraction of sp³-hybridized carbons (Fsp3) is 0.261. The first-order chi connectivity index (χ1) is 14.2. The molecular weight excluding hydrogens is 364 g/mol. The standard InChI is InChI=1S/C23H24N4O2/c1-26-11-16(12-26)14-29-19-9-7-17(8-10-19)20-13-27(18-5-3-2-4-6-18)22-21(20)23(28)25-15-24-22/h2-10,13,15-16,23,28H,11-12,14H2,1H3,(H,24,25). The highest BCUT2D eigenvalue weighted by atomic mass is 16.5. The molecule has 3 heterocycles. The zero-order chi connectivity index (χ0) is 19.8. The largest absolute Gasteiger partial charge is 0.493 e. The van der Waals surface area contributed by atoms with Gasteiger partial charge in [-0.05, 0) is 36.9 Å². The molecule has 0 aliphatic carbocycles. The second-order valence-electron chi connectivity index (χ2n) is 7.74. The summed E-state index contributed by atoms with van der Waals surface area (Å²) in [5, 5.41) is 13.5. The van der Waals surface area contributed by atoms with Crippen LogP contribution in [0.2, 0.25) is 0 Å². The molecular formula is C23H24N4O2. The summed E-state index contributed by atoms with van der Waals surface area (Å²) in [6.45, 7) is 2.95. The Balaban J connectivity index is 1.45. The summed E-state index contributed by atoms with van der Waals surface area (Å²) in [5.74, 6) is 2.23. The maximum atomic E-state index is 10.6. The Morgan fingerprint density at radius 1 is 1.10 bits per heavy atom. The van der Waals surface area contributed by atoms with Gasteiger partial charge < -0.3 is 24.6 Å². The molecule has 1 atom stereocenters. The second-order valence-corrected chi connectivity index (χ2v) is 7.74. The van der Waals surface area contributed by atoms with Gasteiger partial charge in [-0.2, -0.15) is 0 Å². The Kier molecular flexibility index (Phi) is 4.58. The van der Waals surface area contributed by atoms with Crippen molar-refractivity contribution in [3.63, 3.8) is 0 Å². The predicted molar refractivity (Wildman–Crippen MR) is 114 cm³/mol. The van der Waals surface area contributed by atoms with Gasteiger partial charge in [-0.15, -0.1) is 0 Å². The van der Waals surface area contributed by atoms with Crippen LogP contribution in [-0.2, 0) is 0 Å². The Morgan fingerprint density at radius 2 is 1.86 bits per heavy atom. The molecule has 0 radical (unpaired) electrons. The number of benzene rings is 2. The highest BCUT2D eigenvalue weighted by Gasteiger charge is 2.26. The normalized spacial score (nSPS) is 18.8. The molecule has 2 aliphatic rings. The summed E-state index contributed by atoms with van der Waals surface area (Å²) in [7, 11) is 2.13. The van der Waals surface area contributed by atoms with Crippen LogP contribution in [0.1, 0.15) is 11.8 Å². The maximum Gasteiger partial charge on any atom is 0.155 e. The van der Waals surface area contributed by atoms with Crippen LogP contribution in [0.3, 0.4) is 0 Å². The fourth-order valence-corrected chi connectivity index (χ4v) is 4.06. The summed E-state index contributed by atoms with van der Waals surface area (Å²) in [5.41, 5.74) is 3.76. The molecule has 29 heavy (non-hydrogen) atoms. The molecule has 1 aromatic heterocycles. The lowest BCUT2D eigenvalue weighted by Gasteiger charge is -2.35. The number of rotatable bonds is 5. The lowest BCUT2D eigenvalue weighted by molar-refractivity contribution is 0.0858. The van der Waals surface area contributed by atoms with Crippen LogP contribution >= 0.6 is 0 Å². The summed E-state index contributed by atoms with van der Waals surface area (Å²) in [6, 6.07) is 18.1. The van der Waals surface area contributed by atoms with Crippen molar-refractivity contribution >= 4 is 12.2 Å². The van der Waals surface area contributed by atoms with Crippen molar-refractivity contribution in [2.24, 2.45) is 10.9 Å². The Morgan fingerprint density at radius 3 is 2.59 bits per heavy atom. The smallest absolute Gasteiger partial charge is 0.155 e. The molecule has 5 rings (SSSR count). The van der Waals surface area contributed by atoms with E-state index in [9.17, 15) is 5.11 Å². The second kappa shape index (κ2) is 7.39. The van der Waals surface area contributed by atoms with Crippen LogP contribution in [0.25, 0.3) is 16.8 Å². The number of fused-ring (bicyclic) bond motifs is 1. The first-order valence-electron chi connectivity index (χ1n) is 9.88. The van der Waals surface area contributed by atoms with Gasteiger partial charge in [0.2, 0.25) is 0 Å². The van der Waals surface area contributed by atoms with E-state index in [0.29, 0.717) is 5.92 Å². The van der Waals surface area contributed by atoms with Crippen LogP contribution in [0.5, 0.6) is 5.75 Å². The molecule has 0 saturated carbocycles. The van der Waals surface area contributed by atoms with Gasteiger partial charge in [-0.1, -0.05) is 30.3 Å². The van der Waals surface area contributed by atoms with Gasteiger partial charge in [0.25, 0.3) is 0 Å². The highest BCUT2D eigenvalue weighted by Crippen LogP contribution is 2.40. The molecule has 6 nitrogen and oxygen atoms in total. The Bertz CT molecular complexity index is 1020. The van der Waals surface area contributed by atoms with E-state index in [4.69, 9.17) is 4.74 Å². The van der Waals surface area contributed by atoms with Crippen molar-refractivity contribution in [1.82, 2.24) is 14.8 Å². The molecule has 1 fully saturated rings. The molecule has 3 aromatic rings. The minimum atomic E-state index is -0.797. The van der Waals surface area contributed by atoms with E-state index in [-0.39, 0.29) is 0 Å². The van der Waals surface area contributed by atoms with Crippen molar-refractivity contribution in [3.05, 3.63) is 66.4 Å². The zero-order valence-corrected chi connectivity index (χ0v) is 16.3. The van der Waals surface area contributed by atoms with Gasteiger partial charge in [0.15, 0.2) is 6.23 Å². The molecule has 6 heteroatoms. The van der Waals surface area contributed by atoms with Gasteiger partial charge in [-0.3, -0.25) is 0 Å². The molecule has 2 N–H and O–H groups in total. The number of para-hydroxylation sites is 1. The molecule has 0 bridgehead atoms. The highest BCUT2D eigenvalue weighted by molar-refractivity contribution is 5.79. The molecule has 2 aromatic carbocycles. The summed E-state index contributed by atoms with van der Waals surface area (Å²) in [6.07, 6.45) is 2.78. The molecule has 0 spiro atoms. The van der Waals surface area contributed by atoms with Crippen LogP contribution in [0.4, 0.5) is 5.82 Å². The predicted octanol–water partition coefficient (Wildman–Crippen LogP) is 3.34. The molecule has 1 unspecified atom stereocenters. The van der Waals surface area contributed by atoms with Gasteiger partial charge in [0.1, 0.15) is 11.6 Å². The summed E-state index contributed by atoms with van der Waals surface area (Å²) >= 11 is 0. The van der Waals surface area contributed by atoms with Crippen molar-refractivity contribution in [2.75, 3.05) is 26.7 Å². The number of aliphatic hydroxyl groups is 1. The monoisotopic (exact) mass is 388 g/mol. The lowest BCUT2D eigenvalue weighted by Crippen LogP contribution is -2.46. The number of hydrogen-bond acceptors (Lipinski definition) is 5. The Hall–Kier alpha value is -3.09. The van der Waals surface area contributed by atoms with Crippen molar-refractivity contribution in [3.8, 4) is 22.6 Å². The SMILES string of the molecule is CN1CC(COc2ccc(-c3cn(-c4ccccc4)c4c3C(O)NC=N4)cc2)C1. The Labute approximate surface area is 170 Å². The third-order valence-electron chi connectivity index (χ3n) is 5.54. The van der Waals surface area contributed by atoms with E-state index in [0.717, 1.165) is 53.6 Å². The lowest BCUT2D eigenvalue weighted by atomic mass is 10.0. The zero-order valence-electron chi connectivity index (χ0n) is 16.3. The van der Waals surface area contributed by atoms with Crippen LogP contribution < -0.4 is 10.1 Å². The number of ether oxygens (including phenoxy) is 1. The van der Waals surface area contributed by atoms with Crippen molar-refractivity contribution in [1.29, 1.82) is 0 Å². The number of hydrogen-bond donors (Lipinski definition) is 2. The molecule has 148 valence electrons. The molecule has 1 saturated heterocycles. The summed E-state index contributed by atoms with van der Waals surface area (Å²) < 4.78 is 7.96. The average molecular weight is 388 g/mol. The first kappa shape index (κ1) is 18.0. The number of aliphatic imine (C=N–C) groups is 1. The van der Waals surface area contributed by atoms with E-state index in [1.807, 2.05) is 65.4 Å². The first-order valence-corrected chi connectivity index (χ1v) is 9.88.